The van der Waals surface area contributed by atoms with Crippen LogP contribution in [0.2, 0.25) is 10.0 Å². The number of Topliss-reactive ketones (excluding diaryl/α,β-unsaturated/α-hetero) is 1. The Hall–Kier alpha value is -2.12. The average molecular weight is 624 g/mol. The van der Waals surface area contributed by atoms with Gasteiger partial charge in [0.05, 0.1) is 29.8 Å². The lowest BCUT2D eigenvalue weighted by Gasteiger charge is -2.42. The fourth-order valence-electron chi connectivity index (χ4n) is 6.93. The van der Waals surface area contributed by atoms with Gasteiger partial charge in [-0.3, -0.25) is 4.79 Å². The molecule has 0 aromatic heterocycles. The van der Waals surface area contributed by atoms with Gasteiger partial charge in [0.15, 0.2) is 0 Å². The zero-order chi connectivity index (χ0) is 30.7. The lowest BCUT2D eigenvalue weighted by molar-refractivity contribution is -0.121. The van der Waals surface area contributed by atoms with Gasteiger partial charge in [0.1, 0.15) is 22.8 Å². The van der Waals surface area contributed by atoms with Crippen LogP contribution < -0.4 is 5.32 Å². The van der Waals surface area contributed by atoms with Crippen LogP contribution in [0, 0.1) is 34.3 Å². The van der Waals surface area contributed by atoms with Gasteiger partial charge >= 0.3 is 0 Å². The van der Waals surface area contributed by atoms with Gasteiger partial charge in [0.25, 0.3) is 0 Å². The minimum atomic E-state index is -1.70. The van der Waals surface area contributed by atoms with Crippen molar-refractivity contribution in [3.05, 3.63) is 69.2 Å². The lowest BCUT2D eigenvalue weighted by atomic mass is 9.60. The molecular formula is C32H38Cl2F2N2O4. The molecule has 4 rings (SSSR count). The zero-order valence-corrected chi connectivity index (χ0v) is 25.4. The number of carbonyl (C=O) groups is 1. The van der Waals surface area contributed by atoms with Crippen LogP contribution in [0.3, 0.4) is 0 Å². The number of aliphatic hydroxyl groups is 2. The fraction of sp³-hybridized carbons (Fsp3) is 0.562. The third kappa shape index (κ3) is 6.52. The van der Waals surface area contributed by atoms with Gasteiger partial charge in [-0.05, 0) is 67.2 Å². The van der Waals surface area contributed by atoms with E-state index in [1.165, 1.54) is 24.3 Å². The molecule has 0 unspecified atom stereocenters. The molecule has 2 fully saturated rings. The maximum absolute atomic E-state index is 15.9. The first-order chi connectivity index (χ1) is 20.0. The number of nitrogens with zero attached hydrogens (tertiary/aromatic N) is 1. The van der Waals surface area contributed by atoms with Crippen molar-refractivity contribution in [1.29, 1.82) is 5.26 Å². The lowest BCUT2D eigenvalue weighted by Crippen LogP contribution is -2.47. The molecular weight excluding hydrogens is 585 g/mol. The summed E-state index contributed by atoms with van der Waals surface area (Å²) in [6.45, 7) is 5.02. The minimum absolute atomic E-state index is 0.00803. The first kappa shape index (κ1) is 32.8. The topological polar surface area (TPSA) is 103 Å². The second-order valence-corrected chi connectivity index (χ2v) is 13.0. The Morgan fingerprint density at radius 2 is 1.95 bits per heavy atom. The van der Waals surface area contributed by atoms with Crippen LogP contribution in [-0.2, 0) is 14.9 Å². The minimum Gasteiger partial charge on any atom is -0.394 e. The quantitative estimate of drug-likeness (QED) is 0.280. The molecule has 5 atom stereocenters. The first-order valence-corrected chi connectivity index (χ1v) is 15.2. The van der Waals surface area contributed by atoms with Crippen molar-refractivity contribution in [3.8, 4) is 6.07 Å². The Balaban J connectivity index is 1.88. The third-order valence-electron chi connectivity index (χ3n) is 9.21. The van der Waals surface area contributed by atoms with Crippen LogP contribution in [0.25, 0.3) is 0 Å². The molecule has 0 saturated carbocycles. The summed E-state index contributed by atoms with van der Waals surface area (Å²) in [6.07, 6.45) is 1.57. The van der Waals surface area contributed by atoms with E-state index in [-0.39, 0.29) is 57.6 Å². The predicted molar refractivity (Wildman–Crippen MR) is 157 cm³/mol. The Bertz CT molecular complexity index is 1310. The molecule has 10 heteroatoms. The molecule has 2 aliphatic heterocycles. The van der Waals surface area contributed by atoms with Crippen LogP contribution in [0.4, 0.5) is 8.78 Å². The molecule has 0 aliphatic carbocycles. The van der Waals surface area contributed by atoms with E-state index in [1.807, 2.05) is 0 Å². The van der Waals surface area contributed by atoms with Crippen molar-refractivity contribution < 1.29 is 28.5 Å². The fourth-order valence-corrected chi connectivity index (χ4v) is 7.27. The number of hydrogen-bond acceptors (Lipinski definition) is 6. The number of carbonyl (C=O) groups excluding carboxylic acids is 1. The summed E-state index contributed by atoms with van der Waals surface area (Å²) in [5.41, 5.74) is -1.96. The Kier molecular flexibility index (Phi) is 10.7. The average Bonchev–Trinajstić information content (AvgIpc) is 3.28. The number of halogens is 4. The molecule has 2 aliphatic rings. The molecule has 2 heterocycles. The summed E-state index contributed by atoms with van der Waals surface area (Å²) in [5, 5.41) is 33.4. The van der Waals surface area contributed by atoms with E-state index in [2.05, 4.69) is 25.2 Å². The summed E-state index contributed by atoms with van der Waals surface area (Å²) in [5.74, 6) is -2.65. The van der Waals surface area contributed by atoms with Crippen LogP contribution >= 0.6 is 23.2 Å². The molecule has 228 valence electrons. The van der Waals surface area contributed by atoms with E-state index in [9.17, 15) is 20.3 Å². The highest BCUT2D eigenvalue weighted by molar-refractivity contribution is 6.31. The molecule has 42 heavy (non-hydrogen) atoms. The van der Waals surface area contributed by atoms with Crippen LogP contribution in [0.15, 0.2) is 36.4 Å². The van der Waals surface area contributed by atoms with Gasteiger partial charge in [-0.2, -0.15) is 5.26 Å². The molecule has 6 nitrogen and oxygen atoms in total. The maximum Gasteiger partial charge on any atom is 0.150 e. The van der Waals surface area contributed by atoms with Gasteiger partial charge in [-0.15, -0.1) is 0 Å². The van der Waals surface area contributed by atoms with E-state index >= 15 is 8.78 Å². The van der Waals surface area contributed by atoms with Gasteiger partial charge in [0.2, 0.25) is 0 Å². The second-order valence-electron chi connectivity index (χ2n) is 12.2. The van der Waals surface area contributed by atoms with Crippen LogP contribution in [-0.4, -0.2) is 54.0 Å². The van der Waals surface area contributed by atoms with Crippen molar-refractivity contribution in [2.24, 2.45) is 11.3 Å². The summed E-state index contributed by atoms with van der Waals surface area (Å²) < 4.78 is 37.3. The number of ether oxygens (including phenoxy) is 1. The summed E-state index contributed by atoms with van der Waals surface area (Å²) in [7, 11) is 0. The maximum atomic E-state index is 15.9. The third-order valence-corrected chi connectivity index (χ3v) is 9.73. The van der Waals surface area contributed by atoms with Crippen LogP contribution in [0.5, 0.6) is 0 Å². The van der Waals surface area contributed by atoms with Crippen molar-refractivity contribution in [3.63, 3.8) is 0 Å². The van der Waals surface area contributed by atoms with Crippen molar-refractivity contribution in [1.82, 2.24) is 5.32 Å². The number of nitriles is 1. The van der Waals surface area contributed by atoms with Crippen molar-refractivity contribution in [2.75, 3.05) is 19.8 Å². The molecule has 0 radical (unpaired) electrons. The number of aliphatic hydroxyl groups excluding tert-OH is 2. The molecule has 2 aromatic carbocycles. The monoisotopic (exact) mass is 622 g/mol. The van der Waals surface area contributed by atoms with Crippen molar-refractivity contribution >= 4 is 29.0 Å². The van der Waals surface area contributed by atoms with E-state index in [4.69, 9.17) is 27.9 Å². The highest BCUT2D eigenvalue weighted by Gasteiger charge is 2.61. The Morgan fingerprint density at radius 1 is 1.24 bits per heavy atom. The predicted octanol–water partition coefficient (Wildman–Crippen LogP) is 6.09. The summed E-state index contributed by atoms with van der Waals surface area (Å²) in [6, 6.07) is 9.12. The van der Waals surface area contributed by atoms with E-state index in [0.717, 1.165) is 18.9 Å². The first-order valence-electron chi connectivity index (χ1n) is 14.4. The van der Waals surface area contributed by atoms with Gasteiger partial charge < -0.3 is 20.3 Å². The Morgan fingerprint density at radius 3 is 2.60 bits per heavy atom. The number of hydrogen-bond donors (Lipinski definition) is 3. The standard InChI is InChI=1S/C32H38Cl2F2N2O4/c1-31(2,19-11-13-42-14-12-19)16-27-32(18-37,23-10-9-20(33)15-25(23)35)28(22-6-4-7-24(34)29(22)36)30(38-27)26(41)8-3-5-21(40)17-39/h4,6-7,9-10,15,19,21,27-28,30,38-40H,3,5,8,11-14,16-17H2,1-2H3/t21-,27-,28-,30-,32-/m0/s1. The van der Waals surface area contributed by atoms with E-state index in [0.29, 0.717) is 19.6 Å². The highest BCUT2D eigenvalue weighted by Crippen LogP contribution is 2.54. The molecule has 3 N–H and O–H groups in total. The molecule has 2 saturated heterocycles. The molecule has 0 bridgehead atoms. The number of ketones is 1. The number of rotatable bonds is 11. The SMILES string of the molecule is CC(C)(C[C@@H]1N[C@@H](C(=O)CCC[C@H](O)CO)[C@H](c2cccc(Cl)c2F)[C@@]1(C#N)c1ccc(Cl)cc1F)C1CCOCC1. The van der Waals surface area contributed by atoms with E-state index < -0.39 is 47.8 Å². The van der Waals surface area contributed by atoms with Gasteiger partial charge in [-0.1, -0.05) is 55.2 Å². The molecule has 2 aromatic rings. The second kappa shape index (κ2) is 13.7. The van der Waals surface area contributed by atoms with Crippen LogP contribution in [0.1, 0.15) is 69.4 Å². The number of benzene rings is 2. The molecule has 0 spiro atoms. The van der Waals surface area contributed by atoms with Gasteiger partial charge in [-0.25, -0.2) is 8.78 Å². The summed E-state index contributed by atoms with van der Waals surface area (Å²) in [4.78, 5) is 13.9. The smallest absolute Gasteiger partial charge is 0.150 e. The largest absolute Gasteiger partial charge is 0.394 e. The number of nitrogens with one attached hydrogen (secondary N) is 1. The highest BCUT2D eigenvalue weighted by atomic mass is 35.5. The summed E-state index contributed by atoms with van der Waals surface area (Å²) >= 11 is 12.3. The Labute approximate surface area is 256 Å². The normalized spacial score (nSPS) is 25.7. The zero-order valence-electron chi connectivity index (χ0n) is 23.9. The van der Waals surface area contributed by atoms with Crippen molar-refractivity contribution in [2.45, 2.75) is 81.9 Å². The molecule has 0 amide bonds. The van der Waals surface area contributed by atoms with E-state index in [1.54, 1.807) is 6.07 Å². The van der Waals surface area contributed by atoms with Gasteiger partial charge in [0, 0.05) is 42.2 Å².